The highest BCUT2D eigenvalue weighted by Gasteiger charge is 2.20. The summed E-state index contributed by atoms with van der Waals surface area (Å²) in [5.74, 6) is 1.58. The van der Waals surface area contributed by atoms with Crippen LogP contribution in [0.4, 0.5) is 0 Å². The third-order valence-electron chi connectivity index (χ3n) is 2.79. The third kappa shape index (κ3) is 1.89. The number of hydrogen-bond acceptors (Lipinski definition) is 4. The molecule has 0 unspecified atom stereocenters. The Morgan fingerprint density at radius 2 is 2.47 bits per heavy atom. The van der Waals surface area contributed by atoms with Crippen molar-refractivity contribution in [3.63, 3.8) is 0 Å². The van der Waals surface area contributed by atoms with Crippen LogP contribution in [0.1, 0.15) is 6.92 Å². The highest BCUT2D eigenvalue weighted by atomic mass is 32.2. The summed E-state index contributed by atoms with van der Waals surface area (Å²) in [5, 5.41) is 10.7. The van der Waals surface area contributed by atoms with E-state index < -0.39 is 0 Å². The van der Waals surface area contributed by atoms with Crippen LogP contribution in [-0.2, 0) is 6.54 Å². The van der Waals surface area contributed by atoms with E-state index in [2.05, 4.69) is 9.55 Å². The van der Waals surface area contributed by atoms with Gasteiger partial charge in [-0.3, -0.25) is 0 Å². The minimum Gasteiger partial charge on any atom is -0.494 e. The molecule has 17 heavy (non-hydrogen) atoms. The van der Waals surface area contributed by atoms with E-state index in [1.165, 1.54) is 0 Å². The molecule has 0 fully saturated rings. The maximum absolute atomic E-state index is 9.71. The first-order valence-corrected chi connectivity index (χ1v) is 6.70. The van der Waals surface area contributed by atoms with Crippen molar-refractivity contribution in [2.24, 2.45) is 0 Å². The van der Waals surface area contributed by atoms with Gasteiger partial charge in [-0.15, -0.1) is 0 Å². The van der Waals surface area contributed by atoms with Gasteiger partial charge in [-0.2, -0.15) is 0 Å². The lowest BCUT2D eigenvalue weighted by Gasteiger charge is -2.19. The maximum atomic E-state index is 9.71. The maximum Gasteiger partial charge on any atom is 0.169 e. The van der Waals surface area contributed by atoms with Crippen LogP contribution in [0, 0.1) is 0 Å². The summed E-state index contributed by atoms with van der Waals surface area (Å²) in [7, 11) is 0. The molecule has 0 amide bonds. The van der Waals surface area contributed by atoms with Crippen molar-refractivity contribution in [1.29, 1.82) is 0 Å². The van der Waals surface area contributed by atoms with Crippen LogP contribution in [0.25, 0.3) is 11.0 Å². The minimum atomic E-state index is -0.291. The van der Waals surface area contributed by atoms with Crippen molar-refractivity contribution in [2.75, 3.05) is 12.4 Å². The van der Waals surface area contributed by atoms with Crippen LogP contribution in [0.15, 0.2) is 23.4 Å². The number of aliphatic hydroxyl groups excluding tert-OH is 1. The van der Waals surface area contributed by atoms with E-state index >= 15 is 0 Å². The fourth-order valence-electron chi connectivity index (χ4n) is 2.06. The van der Waals surface area contributed by atoms with Crippen LogP contribution >= 0.6 is 11.8 Å². The molecule has 0 spiro atoms. The molecular formula is C12H14N2O2S. The molecule has 0 radical (unpaired) electrons. The van der Waals surface area contributed by atoms with Gasteiger partial charge >= 0.3 is 0 Å². The average molecular weight is 250 g/mol. The van der Waals surface area contributed by atoms with Crippen molar-refractivity contribution in [2.45, 2.75) is 24.7 Å². The van der Waals surface area contributed by atoms with Gasteiger partial charge in [0.25, 0.3) is 0 Å². The van der Waals surface area contributed by atoms with Gasteiger partial charge in [0.2, 0.25) is 0 Å². The van der Waals surface area contributed by atoms with Crippen LogP contribution < -0.4 is 4.74 Å². The summed E-state index contributed by atoms with van der Waals surface area (Å²) in [6.45, 7) is 3.24. The number of imidazole rings is 1. The van der Waals surface area contributed by atoms with Gasteiger partial charge in [0.15, 0.2) is 5.16 Å². The highest BCUT2D eigenvalue weighted by molar-refractivity contribution is 7.99. The topological polar surface area (TPSA) is 47.3 Å². The summed E-state index contributed by atoms with van der Waals surface area (Å²) in [5.41, 5.74) is 2.00. The van der Waals surface area contributed by atoms with E-state index in [0.29, 0.717) is 13.2 Å². The number of aromatic nitrogens is 2. The fraction of sp³-hybridized carbons (Fsp3) is 0.417. The van der Waals surface area contributed by atoms with Gasteiger partial charge in [-0.25, -0.2) is 4.98 Å². The Bertz CT molecular complexity index is 553. The van der Waals surface area contributed by atoms with Gasteiger partial charge in [-0.1, -0.05) is 11.8 Å². The van der Waals surface area contributed by atoms with Gasteiger partial charge in [0.1, 0.15) is 5.75 Å². The molecule has 1 aliphatic heterocycles. The summed E-state index contributed by atoms with van der Waals surface area (Å²) < 4.78 is 7.56. The molecular weight excluding hydrogens is 236 g/mol. The van der Waals surface area contributed by atoms with Crippen molar-refractivity contribution in [3.8, 4) is 5.75 Å². The lowest BCUT2D eigenvalue weighted by Crippen LogP contribution is -2.23. The predicted molar refractivity (Wildman–Crippen MR) is 67.6 cm³/mol. The standard InChI is InChI=1S/C12H14N2O2S/c1-2-16-9-3-4-10-11(5-9)14-6-8(15)7-17-12(14)13-10/h3-5,8,15H,2,6-7H2,1H3/t8-/m1/s1. The SMILES string of the molecule is CCOc1ccc2nc3n(c2c1)C[C@@H](O)CS3. The summed E-state index contributed by atoms with van der Waals surface area (Å²) in [6.07, 6.45) is -0.291. The van der Waals surface area contributed by atoms with Crippen molar-refractivity contribution < 1.29 is 9.84 Å². The minimum absolute atomic E-state index is 0.291. The number of ether oxygens (including phenoxy) is 1. The molecule has 2 aromatic rings. The Balaban J connectivity index is 2.11. The average Bonchev–Trinajstić information content (AvgIpc) is 2.67. The lowest BCUT2D eigenvalue weighted by molar-refractivity contribution is 0.172. The van der Waals surface area contributed by atoms with Crippen LogP contribution in [-0.4, -0.2) is 33.1 Å². The quantitative estimate of drug-likeness (QED) is 0.884. The second-order valence-electron chi connectivity index (χ2n) is 4.05. The highest BCUT2D eigenvalue weighted by Crippen LogP contribution is 2.30. The van der Waals surface area contributed by atoms with Crippen molar-refractivity contribution >= 4 is 22.8 Å². The number of fused-ring (bicyclic) bond motifs is 3. The van der Waals surface area contributed by atoms with Crippen LogP contribution in [0.3, 0.4) is 0 Å². The lowest BCUT2D eigenvalue weighted by atomic mass is 10.3. The number of rotatable bonds is 2. The summed E-state index contributed by atoms with van der Waals surface area (Å²) in [6, 6.07) is 5.90. The second-order valence-corrected chi connectivity index (χ2v) is 5.04. The largest absolute Gasteiger partial charge is 0.494 e. The van der Waals surface area contributed by atoms with E-state index in [0.717, 1.165) is 27.7 Å². The predicted octanol–water partition coefficient (Wildman–Crippen LogP) is 1.90. The van der Waals surface area contributed by atoms with Gasteiger partial charge in [-0.05, 0) is 19.1 Å². The number of nitrogens with zero attached hydrogens (tertiary/aromatic N) is 2. The molecule has 1 atom stereocenters. The molecule has 0 aliphatic carbocycles. The van der Waals surface area contributed by atoms with E-state index in [1.807, 2.05) is 25.1 Å². The summed E-state index contributed by atoms with van der Waals surface area (Å²) in [4.78, 5) is 4.55. The zero-order chi connectivity index (χ0) is 11.8. The Morgan fingerprint density at radius 3 is 3.29 bits per heavy atom. The molecule has 1 aromatic heterocycles. The smallest absolute Gasteiger partial charge is 0.169 e. The number of thioether (sulfide) groups is 1. The fourth-order valence-corrected chi connectivity index (χ4v) is 3.00. The first-order valence-electron chi connectivity index (χ1n) is 5.72. The first-order chi connectivity index (χ1) is 8.28. The zero-order valence-electron chi connectivity index (χ0n) is 9.59. The Kier molecular flexibility index (Phi) is 2.72. The van der Waals surface area contributed by atoms with E-state index in [9.17, 15) is 5.11 Å². The van der Waals surface area contributed by atoms with Gasteiger partial charge in [0, 0.05) is 11.8 Å². The molecule has 0 bridgehead atoms. The zero-order valence-corrected chi connectivity index (χ0v) is 10.4. The third-order valence-corrected chi connectivity index (χ3v) is 3.92. The molecule has 0 saturated carbocycles. The molecule has 2 heterocycles. The molecule has 1 aromatic carbocycles. The Hall–Kier alpha value is -1.20. The molecule has 1 N–H and O–H groups in total. The van der Waals surface area contributed by atoms with E-state index in [4.69, 9.17) is 4.74 Å². The van der Waals surface area contributed by atoms with Gasteiger partial charge in [0.05, 0.1) is 30.3 Å². The molecule has 5 heteroatoms. The second kappa shape index (κ2) is 4.23. The Labute approximate surface area is 104 Å². The monoisotopic (exact) mass is 250 g/mol. The number of aliphatic hydroxyl groups is 1. The molecule has 4 nitrogen and oxygen atoms in total. The van der Waals surface area contributed by atoms with Crippen LogP contribution in [0.2, 0.25) is 0 Å². The van der Waals surface area contributed by atoms with Crippen molar-refractivity contribution in [3.05, 3.63) is 18.2 Å². The van der Waals surface area contributed by atoms with E-state index in [-0.39, 0.29) is 6.10 Å². The Morgan fingerprint density at radius 1 is 1.59 bits per heavy atom. The van der Waals surface area contributed by atoms with E-state index in [1.54, 1.807) is 11.8 Å². The molecule has 0 saturated heterocycles. The van der Waals surface area contributed by atoms with Gasteiger partial charge < -0.3 is 14.4 Å². The normalized spacial score (nSPS) is 19.3. The number of benzene rings is 1. The summed E-state index contributed by atoms with van der Waals surface area (Å²) >= 11 is 1.60. The first kappa shape index (κ1) is 10.9. The molecule has 90 valence electrons. The molecule has 1 aliphatic rings. The number of hydrogen-bond donors (Lipinski definition) is 1. The van der Waals surface area contributed by atoms with Crippen LogP contribution in [0.5, 0.6) is 5.75 Å². The van der Waals surface area contributed by atoms with Crippen molar-refractivity contribution in [1.82, 2.24) is 9.55 Å². The molecule has 3 rings (SSSR count).